The highest BCUT2D eigenvalue weighted by molar-refractivity contribution is 5.87. The zero-order valence-corrected chi connectivity index (χ0v) is 16.3. The van der Waals surface area contributed by atoms with Gasteiger partial charge in [-0.3, -0.25) is 0 Å². The molecule has 0 bridgehead atoms. The number of rotatable bonds is 4. The van der Waals surface area contributed by atoms with Gasteiger partial charge in [0, 0.05) is 6.54 Å². The Kier molecular flexibility index (Phi) is 4.27. The van der Waals surface area contributed by atoms with E-state index in [0.717, 1.165) is 39.6 Å². The van der Waals surface area contributed by atoms with Crippen molar-refractivity contribution in [3.63, 3.8) is 0 Å². The van der Waals surface area contributed by atoms with Crippen LogP contribution in [0.4, 0.5) is 5.82 Å². The van der Waals surface area contributed by atoms with Crippen LogP contribution in [0.15, 0.2) is 48.9 Å². The molecule has 2 aromatic heterocycles. The van der Waals surface area contributed by atoms with E-state index in [1.807, 2.05) is 22.9 Å². The fourth-order valence-electron chi connectivity index (χ4n) is 3.63. The maximum absolute atomic E-state index is 5.67. The van der Waals surface area contributed by atoms with Crippen molar-refractivity contribution < 1.29 is 9.47 Å². The summed E-state index contributed by atoms with van der Waals surface area (Å²) in [5, 5.41) is 8.84. The van der Waals surface area contributed by atoms with Gasteiger partial charge in [-0.1, -0.05) is 12.1 Å². The van der Waals surface area contributed by atoms with Gasteiger partial charge in [-0.2, -0.15) is 5.10 Å². The van der Waals surface area contributed by atoms with Gasteiger partial charge in [0.1, 0.15) is 25.4 Å². The summed E-state index contributed by atoms with van der Waals surface area (Å²) < 4.78 is 13.1. The molecular weight excluding hydrogens is 366 g/mol. The molecule has 7 heteroatoms. The third kappa shape index (κ3) is 3.35. The molecule has 2 aromatic carbocycles. The topological polar surface area (TPSA) is 74.1 Å². The standard InChI is InChI=1S/C22H21N5O2/c1-14-7-15(2)9-17(8-14)27-22-18(12-26-27)21(24-13-25-22)23-11-16-3-4-19-20(10-16)29-6-5-28-19/h3-4,7-10,12-13H,5-6,11H2,1-2H3,(H,23,24,25). The molecule has 0 spiro atoms. The molecule has 1 aliphatic rings. The van der Waals surface area contributed by atoms with Crippen molar-refractivity contribution in [2.45, 2.75) is 20.4 Å². The Labute approximate surface area is 168 Å². The average Bonchev–Trinajstić information content (AvgIpc) is 3.16. The molecule has 0 saturated carbocycles. The summed E-state index contributed by atoms with van der Waals surface area (Å²) >= 11 is 0. The molecule has 1 N–H and O–H groups in total. The van der Waals surface area contributed by atoms with Gasteiger partial charge in [0.2, 0.25) is 0 Å². The first-order chi connectivity index (χ1) is 14.2. The quantitative estimate of drug-likeness (QED) is 0.574. The number of aryl methyl sites for hydroxylation is 2. The lowest BCUT2D eigenvalue weighted by Crippen LogP contribution is -2.15. The summed E-state index contributed by atoms with van der Waals surface area (Å²) in [6, 6.07) is 12.3. The van der Waals surface area contributed by atoms with E-state index in [2.05, 4.69) is 52.4 Å². The van der Waals surface area contributed by atoms with Gasteiger partial charge in [-0.25, -0.2) is 14.6 Å². The lowest BCUT2D eigenvalue weighted by molar-refractivity contribution is 0.171. The normalized spacial score (nSPS) is 12.9. The molecule has 146 valence electrons. The van der Waals surface area contributed by atoms with Gasteiger partial charge in [-0.15, -0.1) is 0 Å². The molecule has 0 unspecified atom stereocenters. The number of hydrogen-bond acceptors (Lipinski definition) is 6. The van der Waals surface area contributed by atoms with E-state index in [4.69, 9.17) is 9.47 Å². The second-order valence-corrected chi connectivity index (χ2v) is 7.19. The van der Waals surface area contributed by atoms with Crippen molar-refractivity contribution in [3.8, 4) is 17.2 Å². The summed E-state index contributed by atoms with van der Waals surface area (Å²) in [5.41, 5.74) is 5.23. The number of nitrogens with one attached hydrogen (secondary N) is 1. The van der Waals surface area contributed by atoms with Gasteiger partial charge in [-0.05, 0) is 54.8 Å². The van der Waals surface area contributed by atoms with Crippen molar-refractivity contribution in [2.75, 3.05) is 18.5 Å². The van der Waals surface area contributed by atoms with Crippen LogP contribution < -0.4 is 14.8 Å². The largest absolute Gasteiger partial charge is 0.486 e. The van der Waals surface area contributed by atoms with Gasteiger partial charge in [0.25, 0.3) is 0 Å². The number of hydrogen-bond donors (Lipinski definition) is 1. The van der Waals surface area contributed by atoms with Crippen LogP contribution in [0.5, 0.6) is 11.5 Å². The molecule has 0 fully saturated rings. The average molecular weight is 387 g/mol. The molecule has 0 saturated heterocycles. The van der Waals surface area contributed by atoms with Crippen molar-refractivity contribution in [2.24, 2.45) is 0 Å². The van der Waals surface area contributed by atoms with E-state index < -0.39 is 0 Å². The highest BCUT2D eigenvalue weighted by atomic mass is 16.6. The Bertz CT molecular complexity index is 1180. The Hall–Kier alpha value is -3.61. The van der Waals surface area contributed by atoms with Crippen LogP contribution >= 0.6 is 0 Å². The molecule has 0 aliphatic carbocycles. The first-order valence-electron chi connectivity index (χ1n) is 9.57. The van der Waals surface area contributed by atoms with Gasteiger partial charge >= 0.3 is 0 Å². The number of nitrogens with zero attached hydrogens (tertiary/aromatic N) is 4. The third-order valence-corrected chi connectivity index (χ3v) is 4.88. The number of anilines is 1. The van der Waals surface area contributed by atoms with Crippen LogP contribution in [0.1, 0.15) is 16.7 Å². The van der Waals surface area contributed by atoms with Gasteiger partial charge < -0.3 is 14.8 Å². The van der Waals surface area contributed by atoms with E-state index in [1.165, 1.54) is 11.1 Å². The fourth-order valence-corrected chi connectivity index (χ4v) is 3.63. The minimum Gasteiger partial charge on any atom is -0.486 e. The Morgan fingerprint density at radius 3 is 2.59 bits per heavy atom. The zero-order valence-electron chi connectivity index (χ0n) is 16.3. The van der Waals surface area contributed by atoms with Crippen LogP contribution in [0.2, 0.25) is 0 Å². The summed E-state index contributed by atoms with van der Waals surface area (Å²) in [6.07, 6.45) is 3.37. The summed E-state index contributed by atoms with van der Waals surface area (Å²) in [4.78, 5) is 8.88. The van der Waals surface area contributed by atoms with E-state index in [1.54, 1.807) is 12.5 Å². The molecule has 0 radical (unpaired) electrons. The van der Waals surface area contributed by atoms with Crippen LogP contribution in [-0.2, 0) is 6.54 Å². The number of benzene rings is 2. The third-order valence-electron chi connectivity index (χ3n) is 4.88. The Morgan fingerprint density at radius 1 is 0.966 bits per heavy atom. The first kappa shape index (κ1) is 17.5. The van der Waals surface area contributed by atoms with Crippen molar-refractivity contribution in [3.05, 3.63) is 65.6 Å². The van der Waals surface area contributed by atoms with Gasteiger partial charge in [0.05, 0.1) is 17.3 Å². The molecule has 1 aliphatic heterocycles. The lowest BCUT2D eigenvalue weighted by atomic mass is 10.1. The molecule has 29 heavy (non-hydrogen) atoms. The molecule has 7 nitrogen and oxygen atoms in total. The van der Waals surface area contributed by atoms with Crippen molar-refractivity contribution in [1.82, 2.24) is 19.7 Å². The number of aromatic nitrogens is 4. The van der Waals surface area contributed by atoms with E-state index in [0.29, 0.717) is 19.8 Å². The zero-order chi connectivity index (χ0) is 19.8. The molecule has 3 heterocycles. The second kappa shape index (κ2) is 7.09. The molecule has 0 amide bonds. The summed E-state index contributed by atoms with van der Waals surface area (Å²) in [6.45, 7) is 5.94. The molecule has 5 rings (SSSR count). The molecule has 4 aromatic rings. The maximum Gasteiger partial charge on any atom is 0.168 e. The lowest BCUT2D eigenvalue weighted by Gasteiger charge is -2.19. The predicted molar refractivity (Wildman–Crippen MR) is 111 cm³/mol. The Morgan fingerprint density at radius 2 is 1.76 bits per heavy atom. The van der Waals surface area contributed by atoms with Crippen LogP contribution in [-0.4, -0.2) is 33.0 Å². The number of ether oxygens (including phenoxy) is 2. The van der Waals surface area contributed by atoms with Crippen LogP contribution in [0.25, 0.3) is 16.7 Å². The van der Waals surface area contributed by atoms with E-state index >= 15 is 0 Å². The highest BCUT2D eigenvalue weighted by Crippen LogP contribution is 2.31. The molecule has 0 atom stereocenters. The fraction of sp³-hybridized carbons (Fsp3) is 0.227. The Balaban J connectivity index is 1.43. The van der Waals surface area contributed by atoms with E-state index in [9.17, 15) is 0 Å². The smallest absolute Gasteiger partial charge is 0.168 e. The summed E-state index contributed by atoms with van der Waals surface area (Å²) in [7, 11) is 0. The highest BCUT2D eigenvalue weighted by Gasteiger charge is 2.14. The van der Waals surface area contributed by atoms with Crippen LogP contribution in [0, 0.1) is 13.8 Å². The monoisotopic (exact) mass is 387 g/mol. The van der Waals surface area contributed by atoms with Gasteiger partial charge in [0.15, 0.2) is 17.1 Å². The maximum atomic E-state index is 5.67. The summed E-state index contributed by atoms with van der Waals surface area (Å²) in [5.74, 6) is 2.32. The van der Waals surface area contributed by atoms with Crippen molar-refractivity contribution >= 4 is 16.9 Å². The molecular formula is C22H21N5O2. The van der Waals surface area contributed by atoms with E-state index in [-0.39, 0.29) is 0 Å². The van der Waals surface area contributed by atoms with Crippen molar-refractivity contribution in [1.29, 1.82) is 0 Å². The number of fused-ring (bicyclic) bond motifs is 2. The first-order valence-corrected chi connectivity index (χ1v) is 9.57. The SMILES string of the molecule is Cc1cc(C)cc(-n2ncc3c(NCc4ccc5c(c4)OCCO5)ncnc32)c1. The predicted octanol–water partition coefficient (Wildman–Crippen LogP) is 3.82. The minimum absolute atomic E-state index is 0.577. The minimum atomic E-state index is 0.577. The second-order valence-electron chi connectivity index (χ2n) is 7.19. The van der Waals surface area contributed by atoms with Crippen LogP contribution in [0.3, 0.4) is 0 Å².